The fourth-order valence-corrected chi connectivity index (χ4v) is 4.03. The third-order valence-corrected chi connectivity index (χ3v) is 5.71. The zero-order chi connectivity index (χ0) is 22.9. The molecule has 5 aromatic rings. The first kappa shape index (κ1) is 20.8. The smallest absolute Gasteiger partial charge is 0.307 e. The summed E-state index contributed by atoms with van der Waals surface area (Å²) < 4.78 is 11.1. The summed E-state index contributed by atoms with van der Waals surface area (Å²) in [6, 6.07) is 23.1. The first-order chi connectivity index (χ1) is 16.0. The number of nitrogens with zero attached hydrogens (tertiary/aromatic N) is 1. The minimum absolute atomic E-state index is 0.0332. The minimum atomic E-state index is -0.875. The maximum Gasteiger partial charge on any atom is 0.307 e. The van der Waals surface area contributed by atoms with Crippen molar-refractivity contribution in [3.63, 3.8) is 0 Å². The number of carboxylic acids is 1. The number of carboxylic acid groups (broad SMARTS) is 1. The van der Waals surface area contributed by atoms with E-state index in [4.69, 9.17) is 26.2 Å². The van der Waals surface area contributed by atoms with E-state index >= 15 is 0 Å². The molecule has 0 radical (unpaired) electrons. The number of hydrogen-bond acceptors (Lipinski definition) is 4. The Morgan fingerprint density at radius 3 is 2.45 bits per heavy atom. The van der Waals surface area contributed by atoms with Crippen LogP contribution in [0.15, 0.2) is 72.8 Å². The molecule has 6 nitrogen and oxygen atoms in total. The lowest BCUT2D eigenvalue weighted by atomic mass is 10.0. The van der Waals surface area contributed by atoms with Gasteiger partial charge < -0.3 is 19.6 Å². The summed E-state index contributed by atoms with van der Waals surface area (Å²) in [7, 11) is 1.65. The van der Waals surface area contributed by atoms with Gasteiger partial charge in [0, 0.05) is 5.56 Å². The van der Waals surface area contributed by atoms with Gasteiger partial charge in [0.25, 0.3) is 6.01 Å². The summed E-state index contributed by atoms with van der Waals surface area (Å²) in [5, 5.41) is 11.7. The number of hydrogen-bond donors (Lipinski definition) is 2. The topological polar surface area (TPSA) is 84.4 Å². The standard InChI is InChI=1S/C26H19ClN2O4/c1-32-20-9-6-16-11-18(5-4-17(16)12-20)21-13-23-24(14-22(21)27)29-26(28-23)33-19-7-2-15(3-8-19)10-25(30)31/h2-9,11-14H,10H2,1H3,(H,28,29)(H,30,31). The van der Waals surface area contributed by atoms with Crippen molar-refractivity contribution >= 4 is 39.4 Å². The number of aliphatic carboxylic acids is 1. The first-order valence-electron chi connectivity index (χ1n) is 10.2. The number of H-pyrrole nitrogens is 1. The molecule has 2 N–H and O–H groups in total. The monoisotopic (exact) mass is 458 g/mol. The molecule has 0 spiro atoms. The Hall–Kier alpha value is -4.03. The molecule has 0 aliphatic heterocycles. The number of rotatable bonds is 6. The van der Waals surface area contributed by atoms with E-state index in [2.05, 4.69) is 16.0 Å². The van der Waals surface area contributed by atoms with Crippen LogP contribution in [-0.2, 0) is 11.2 Å². The van der Waals surface area contributed by atoms with Crippen molar-refractivity contribution in [2.24, 2.45) is 0 Å². The van der Waals surface area contributed by atoms with Crippen LogP contribution in [0, 0.1) is 0 Å². The van der Waals surface area contributed by atoms with Crippen molar-refractivity contribution in [3.05, 3.63) is 83.4 Å². The van der Waals surface area contributed by atoms with Crippen molar-refractivity contribution in [1.29, 1.82) is 0 Å². The normalized spacial score (nSPS) is 11.1. The summed E-state index contributed by atoms with van der Waals surface area (Å²) in [6.45, 7) is 0. The van der Waals surface area contributed by atoms with Crippen molar-refractivity contribution in [2.75, 3.05) is 7.11 Å². The highest BCUT2D eigenvalue weighted by atomic mass is 35.5. The maximum atomic E-state index is 10.8. The zero-order valence-corrected chi connectivity index (χ0v) is 18.4. The van der Waals surface area contributed by atoms with Crippen LogP contribution in [0.2, 0.25) is 5.02 Å². The van der Waals surface area contributed by atoms with E-state index in [9.17, 15) is 4.79 Å². The quantitative estimate of drug-likeness (QED) is 0.305. The van der Waals surface area contributed by atoms with Gasteiger partial charge in [0.1, 0.15) is 11.5 Å². The van der Waals surface area contributed by atoms with Gasteiger partial charge in [-0.1, -0.05) is 41.9 Å². The molecule has 7 heteroatoms. The van der Waals surface area contributed by atoms with Crippen LogP contribution in [-0.4, -0.2) is 28.2 Å². The van der Waals surface area contributed by atoms with Crippen molar-refractivity contribution in [1.82, 2.24) is 9.97 Å². The molecule has 33 heavy (non-hydrogen) atoms. The average molecular weight is 459 g/mol. The zero-order valence-electron chi connectivity index (χ0n) is 17.6. The Labute approximate surface area is 194 Å². The van der Waals surface area contributed by atoms with Crippen LogP contribution in [0.1, 0.15) is 5.56 Å². The minimum Gasteiger partial charge on any atom is -0.497 e. The molecule has 0 fully saturated rings. The number of fused-ring (bicyclic) bond motifs is 2. The van der Waals surface area contributed by atoms with Gasteiger partial charge in [0.15, 0.2) is 0 Å². The van der Waals surface area contributed by atoms with Crippen LogP contribution in [0.25, 0.3) is 32.9 Å². The van der Waals surface area contributed by atoms with Crippen LogP contribution in [0.5, 0.6) is 17.5 Å². The van der Waals surface area contributed by atoms with Gasteiger partial charge in [-0.2, -0.15) is 4.98 Å². The predicted octanol–water partition coefficient (Wildman–Crippen LogP) is 6.46. The number of aromatic nitrogens is 2. The van der Waals surface area contributed by atoms with Gasteiger partial charge in [0.2, 0.25) is 0 Å². The van der Waals surface area contributed by atoms with Gasteiger partial charge in [-0.3, -0.25) is 4.79 Å². The molecule has 0 bridgehead atoms. The fourth-order valence-electron chi connectivity index (χ4n) is 3.76. The van der Waals surface area contributed by atoms with Crippen LogP contribution < -0.4 is 9.47 Å². The molecular formula is C26H19ClN2O4. The molecule has 0 saturated carbocycles. The van der Waals surface area contributed by atoms with E-state index in [1.165, 1.54) is 0 Å². The molecule has 0 unspecified atom stereocenters. The number of halogens is 1. The number of imidazole rings is 1. The van der Waals surface area contributed by atoms with Gasteiger partial charge in [-0.05, 0) is 64.4 Å². The summed E-state index contributed by atoms with van der Waals surface area (Å²) in [5.41, 5.74) is 4.04. The Morgan fingerprint density at radius 1 is 0.970 bits per heavy atom. The average Bonchev–Trinajstić information content (AvgIpc) is 3.19. The predicted molar refractivity (Wildman–Crippen MR) is 128 cm³/mol. The molecule has 4 aromatic carbocycles. The van der Waals surface area contributed by atoms with Crippen molar-refractivity contribution < 1.29 is 19.4 Å². The summed E-state index contributed by atoms with van der Waals surface area (Å²) in [4.78, 5) is 18.5. The number of methoxy groups -OCH3 is 1. The molecule has 0 saturated heterocycles. The molecule has 1 aromatic heterocycles. The lowest BCUT2D eigenvalue weighted by molar-refractivity contribution is -0.136. The second-order valence-electron chi connectivity index (χ2n) is 7.64. The van der Waals surface area contributed by atoms with E-state index in [-0.39, 0.29) is 6.42 Å². The Bertz CT molecular complexity index is 1490. The molecule has 0 amide bonds. The second-order valence-corrected chi connectivity index (χ2v) is 8.04. The van der Waals surface area contributed by atoms with E-state index in [1.807, 2.05) is 42.5 Å². The van der Waals surface area contributed by atoms with Crippen LogP contribution >= 0.6 is 11.6 Å². The molecule has 0 atom stereocenters. The Kier molecular flexibility index (Phi) is 5.36. The van der Waals surface area contributed by atoms with Gasteiger partial charge in [0.05, 0.1) is 29.6 Å². The first-order valence-corrected chi connectivity index (χ1v) is 10.6. The summed E-state index contributed by atoms with van der Waals surface area (Å²) >= 11 is 6.61. The third-order valence-electron chi connectivity index (χ3n) is 5.40. The second kappa shape index (κ2) is 8.48. The fraction of sp³-hybridized carbons (Fsp3) is 0.0769. The summed E-state index contributed by atoms with van der Waals surface area (Å²) in [5.74, 6) is 0.495. The SMILES string of the molecule is COc1ccc2cc(-c3cc4nc(Oc5ccc(CC(=O)O)cc5)[nH]c4cc3Cl)ccc2c1. The van der Waals surface area contributed by atoms with Gasteiger partial charge in [-0.25, -0.2) is 0 Å². The van der Waals surface area contributed by atoms with E-state index in [0.29, 0.717) is 22.3 Å². The highest BCUT2D eigenvalue weighted by Gasteiger charge is 2.12. The number of ether oxygens (including phenoxy) is 2. The molecule has 1 heterocycles. The van der Waals surface area contributed by atoms with Crippen LogP contribution in [0.4, 0.5) is 0 Å². The Morgan fingerprint density at radius 2 is 1.70 bits per heavy atom. The lowest BCUT2D eigenvalue weighted by Crippen LogP contribution is -1.99. The molecule has 0 aliphatic rings. The molecular weight excluding hydrogens is 440 g/mol. The van der Waals surface area contributed by atoms with E-state index in [0.717, 1.165) is 38.7 Å². The maximum absolute atomic E-state index is 10.8. The van der Waals surface area contributed by atoms with Gasteiger partial charge >= 0.3 is 5.97 Å². The molecule has 5 rings (SSSR count). The third kappa shape index (κ3) is 4.33. The number of benzene rings is 4. The van der Waals surface area contributed by atoms with E-state index in [1.54, 1.807) is 31.4 Å². The Balaban J connectivity index is 1.44. The largest absolute Gasteiger partial charge is 0.497 e. The number of carbonyl (C=O) groups is 1. The highest BCUT2D eigenvalue weighted by molar-refractivity contribution is 6.34. The van der Waals surface area contributed by atoms with Crippen molar-refractivity contribution in [2.45, 2.75) is 6.42 Å². The number of aromatic amines is 1. The summed E-state index contributed by atoms with van der Waals surface area (Å²) in [6.07, 6.45) is -0.0332. The highest BCUT2D eigenvalue weighted by Crippen LogP contribution is 2.35. The van der Waals surface area contributed by atoms with Crippen molar-refractivity contribution in [3.8, 4) is 28.6 Å². The molecule has 0 aliphatic carbocycles. The van der Waals surface area contributed by atoms with Crippen LogP contribution in [0.3, 0.4) is 0 Å². The molecule has 164 valence electrons. The lowest BCUT2D eigenvalue weighted by Gasteiger charge is -2.08. The van der Waals surface area contributed by atoms with E-state index < -0.39 is 5.97 Å². The number of nitrogens with one attached hydrogen (secondary N) is 1. The van der Waals surface area contributed by atoms with Gasteiger partial charge in [-0.15, -0.1) is 0 Å².